The van der Waals surface area contributed by atoms with Crippen LogP contribution < -0.4 is 5.32 Å². The number of amides is 1. The molecule has 1 aromatic heterocycles. The molecule has 0 spiro atoms. The number of hydrogen-bond acceptors (Lipinski definition) is 5. The minimum Gasteiger partial charge on any atom is -0.566 e. The van der Waals surface area contributed by atoms with Crippen molar-refractivity contribution in [2.24, 2.45) is 4.40 Å². The van der Waals surface area contributed by atoms with Crippen LogP contribution in [0.1, 0.15) is 4.88 Å². The molecule has 1 aromatic carbocycles. The first-order valence-electron chi connectivity index (χ1n) is 6.82. The Morgan fingerprint density at radius 2 is 2.00 bits per heavy atom. The maximum absolute atomic E-state index is 13.3. The van der Waals surface area contributed by atoms with E-state index in [1.54, 1.807) is 17.5 Å². The summed E-state index contributed by atoms with van der Waals surface area (Å²) in [5.41, 5.74) is 0.0802. The van der Waals surface area contributed by atoms with Crippen molar-refractivity contribution in [3.8, 4) is 0 Å². The summed E-state index contributed by atoms with van der Waals surface area (Å²) in [6.07, 6.45) is 1.42. The second-order valence-corrected chi connectivity index (χ2v) is 7.06. The van der Waals surface area contributed by atoms with Crippen molar-refractivity contribution in [2.75, 3.05) is 12.4 Å². The fourth-order valence-corrected chi connectivity index (χ4v) is 3.54. The van der Waals surface area contributed by atoms with Crippen molar-refractivity contribution in [1.82, 2.24) is 4.31 Å². The number of carbonyl (C=O) groups is 1. The Morgan fingerprint density at radius 1 is 1.32 bits per heavy atom. The summed E-state index contributed by atoms with van der Waals surface area (Å²) in [5.74, 6) is -5.23. The average molecular weight is 385 g/mol. The lowest BCUT2D eigenvalue weighted by molar-refractivity contribution is -0.113. The molecule has 5 nitrogen and oxygen atoms in total. The topological polar surface area (TPSA) is 67.8 Å². The number of nitrogens with zero attached hydrogens (tertiary/aromatic N) is 2. The molecule has 1 amide bonds. The van der Waals surface area contributed by atoms with Crippen molar-refractivity contribution >= 4 is 40.2 Å². The van der Waals surface area contributed by atoms with Gasteiger partial charge in [-0.1, -0.05) is 6.07 Å². The van der Waals surface area contributed by atoms with Gasteiger partial charge in [-0.25, -0.2) is 13.2 Å². The molecule has 0 aliphatic carbocycles. The average Bonchev–Trinajstić information content (AvgIpc) is 3.09. The van der Waals surface area contributed by atoms with Crippen LogP contribution in [0.15, 0.2) is 45.8 Å². The first kappa shape index (κ1) is 17.5. The van der Waals surface area contributed by atoms with Gasteiger partial charge in [0.1, 0.15) is 5.71 Å². The van der Waals surface area contributed by atoms with Gasteiger partial charge in [-0.15, -0.1) is 11.3 Å². The van der Waals surface area contributed by atoms with Crippen molar-refractivity contribution in [2.45, 2.75) is 0 Å². The van der Waals surface area contributed by atoms with Crippen LogP contribution in [-0.2, 0) is 16.3 Å². The summed E-state index contributed by atoms with van der Waals surface area (Å²) in [6.45, 7) is 0. The Balaban J connectivity index is 1.89. The second kappa shape index (κ2) is 6.90. The van der Waals surface area contributed by atoms with Crippen LogP contribution in [0.2, 0.25) is 0 Å². The normalized spacial score (nSPS) is 17.2. The third-order valence-electron chi connectivity index (χ3n) is 3.27. The first-order chi connectivity index (χ1) is 11.9. The molecule has 130 valence electrons. The molecule has 0 saturated heterocycles. The predicted molar refractivity (Wildman–Crippen MR) is 89.8 cm³/mol. The summed E-state index contributed by atoms with van der Waals surface area (Å²) in [7, 11) is 1.39. The number of allylic oxidation sites excluding steroid dienone is 1. The molecule has 1 aliphatic rings. The monoisotopic (exact) mass is 385 g/mol. The number of carbonyl (C=O) groups excluding carboxylic acids is 1. The number of thiophene rings is 1. The molecule has 0 bridgehead atoms. The lowest BCUT2D eigenvalue weighted by Crippen LogP contribution is -2.35. The summed E-state index contributed by atoms with van der Waals surface area (Å²) in [6, 6.07) is 4.85. The zero-order valence-corrected chi connectivity index (χ0v) is 14.3. The smallest absolute Gasteiger partial charge is 0.276 e. The molecule has 2 heterocycles. The molecule has 1 N–H and O–H groups in total. The highest BCUT2D eigenvalue weighted by molar-refractivity contribution is 7.88. The fraction of sp³-hybridized carbons (Fsp3) is 0.0667. The first-order valence-corrected chi connectivity index (χ1v) is 8.77. The van der Waals surface area contributed by atoms with Crippen molar-refractivity contribution in [3.63, 3.8) is 0 Å². The maximum Gasteiger partial charge on any atom is 0.276 e. The summed E-state index contributed by atoms with van der Waals surface area (Å²) < 4.78 is 56.7. The van der Waals surface area contributed by atoms with Gasteiger partial charge in [0.2, 0.25) is 11.5 Å². The molecule has 1 atom stereocenters. The molecule has 25 heavy (non-hydrogen) atoms. The van der Waals surface area contributed by atoms with Gasteiger partial charge >= 0.3 is 0 Å². The van der Waals surface area contributed by atoms with E-state index in [0.717, 1.165) is 4.31 Å². The highest BCUT2D eigenvalue weighted by atomic mass is 32.2. The molecule has 0 saturated carbocycles. The molecule has 0 radical (unpaired) electrons. The molecule has 1 unspecified atom stereocenters. The van der Waals surface area contributed by atoms with Gasteiger partial charge in [0.25, 0.3) is 5.91 Å². The third-order valence-corrected chi connectivity index (χ3v) is 5.18. The Kier molecular flexibility index (Phi) is 4.84. The zero-order valence-electron chi connectivity index (χ0n) is 12.6. The maximum atomic E-state index is 13.3. The Labute approximate surface area is 147 Å². The summed E-state index contributed by atoms with van der Waals surface area (Å²) in [5, 5.41) is 4.06. The van der Waals surface area contributed by atoms with E-state index in [1.807, 2.05) is 0 Å². The quantitative estimate of drug-likeness (QED) is 0.652. The Morgan fingerprint density at radius 3 is 2.60 bits per heavy atom. The van der Waals surface area contributed by atoms with Crippen LogP contribution in [0, 0.1) is 17.5 Å². The number of likely N-dealkylation sites (N-methyl/N-ethyl adjacent to an activating group) is 1. The third kappa shape index (κ3) is 3.55. The van der Waals surface area contributed by atoms with Crippen LogP contribution in [0.3, 0.4) is 0 Å². The number of benzene rings is 1. The van der Waals surface area contributed by atoms with E-state index in [-0.39, 0.29) is 11.4 Å². The van der Waals surface area contributed by atoms with Crippen LogP contribution >= 0.6 is 11.3 Å². The van der Waals surface area contributed by atoms with Crippen LogP contribution in [0.4, 0.5) is 18.9 Å². The number of nitrogens with one attached hydrogen (secondary N) is 1. The lowest BCUT2D eigenvalue weighted by atomic mass is 10.2. The van der Waals surface area contributed by atoms with Crippen molar-refractivity contribution < 1.29 is 22.5 Å². The summed E-state index contributed by atoms with van der Waals surface area (Å²) >= 11 is -0.475. The molecular formula is C15H10F3N3O2S2. The van der Waals surface area contributed by atoms with Gasteiger partial charge in [-0.05, 0) is 15.8 Å². The van der Waals surface area contributed by atoms with Gasteiger partial charge in [0.15, 0.2) is 23.1 Å². The zero-order chi connectivity index (χ0) is 18.1. The Hall–Kier alpha value is -2.30. The predicted octanol–water partition coefficient (Wildman–Crippen LogP) is 3.00. The molecule has 1 aliphatic heterocycles. The number of hydrogen-bond donors (Lipinski definition) is 1. The van der Waals surface area contributed by atoms with Gasteiger partial charge in [0.05, 0.1) is 11.9 Å². The van der Waals surface area contributed by atoms with Crippen LogP contribution in [0.25, 0.3) is 0 Å². The molecule has 0 fully saturated rings. The fourth-order valence-electron chi connectivity index (χ4n) is 2.05. The highest BCUT2D eigenvalue weighted by Gasteiger charge is 2.30. The van der Waals surface area contributed by atoms with E-state index in [4.69, 9.17) is 0 Å². The van der Waals surface area contributed by atoms with E-state index in [0.29, 0.717) is 22.7 Å². The molecule has 2 aromatic rings. The van der Waals surface area contributed by atoms with Crippen LogP contribution in [-0.4, -0.2) is 27.5 Å². The second-order valence-electron chi connectivity index (χ2n) is 4.92. The number of rotatable bonds is 3. The minimum absolute atomic E-state index is 0.0122. The van der Waals surface area contributed by atoms with Gasteiger partial charge in [-0.3, -0.25) is 4.79 Å². The highest BCUT2D eigenvalue weighted by Crippen LogP contribution is 2.23. The van der Waals surface area contributed by atoms with Gasteiger partial charge < -0.3 is 9.87 Å². The number of halogens is 3. The summed E-state index contributed by atoms with van der Waals surface area (Å²) in [4.78, 5) is 13.1. The van der Waals surface area contributed by atoms with E-state index in [9.17, 15) is 22.5 Å². The molecule has 10 heteroatoms. The Bertz CT molecular complexity index is 861. The van der Waals surface area contributed by atoms with Crippen LogP contribution in [0.5, 0.6) is 0 Å². The number of anilines is 1. The van der Waals surface area contributed by atoms with Gasteiger partial charge in [-0.2, -0.15) is 4.31 Å². The molecular weight excluding hydrogens is 375 g/mol. The van der Waals surface area contributed by atoms with E-state index >= 15 is 0 Å². The SMILES string of the molecule is CN1C(C(=O)Nc2cc(F)c(F)c(F)c2)=CC(c2cccs2)=N[S+]1[O-]. The van der Waals surface area contributed by atoms with E-state index < -0.39 is 34.9 Å². The van der Waals surface area contributed by atoms with Crippen molar-refractivity contribution in [1.29, 1.82) is 0 Å². The van der Waals surface area contributed by atoms with E-state index in [1.165, 1.54) is 24.5 Å². The lowest BCUT2D eigenvalue weighted by Gasteiger charge is -2.23. The molecule has 3 rings (SSSR count). The van der Waals surface area contributed by atoms with Crippen molar-refractivity contribution in [3.05, 3.63) is 63.7 Å². The van der Waals surface area contributed by atoms with E-state index in [2.05, 4.69) is 9.71 Å². The van der Waals surface area contributed by atoms with Gasteiger partial charge in [0, 0.05) is 23.9 Å². The largest absolute Gasteiger partial charge is 0.566 e. The standard InChI is InChI=1S/C15H10F3N3O2S2/c1-21-12(7-11(20-25(21)23)13-3-2-4-24-13)15(22)19-8-5-9(16)14(18)10(17)6-8/h2-7H,1H3,(H,19,22). The minimum atomic E-state index is -1.83.